The monoisotopic (exact) mass is 452 g/mol. The van der Waals surface area contributed by atoms with Crippen molar-refractivity contribution in [3.63, 3.8) is 0 Å². The molecule has 31 heavy (non-hydrogen) atoms. The first kappa shape index (κ1) is 30.8. The molecule has 0 heterocycles. The zero-order valence-corrected chi connectivity index (χ0v) is 24.5. The fraction of sp³-hybridized carbons (Fsp3) is 0.897. The number of carbonyl (C=O) groups excluding carboxylic acids is 1. The van der Waals surface area contributed by atoms with Crippen molar-refractivity contribution in [3.05, 3.63) is 12.2 Å². The summed E-state index contributed by atoms with van der Waals surface area (Å²) in [5.74, 6) is 0.408. The summed E-state index contributed by atoms with van der Waals surface area (Å²) in [6.45, 7) is 29.6. The van der Waals surface area contributed by atoms with Gasteiger partial charge in [0, 0.05) is 15.6 Å². The quantitative estimate of drug-likeness (QED) is 0.244. The van der Waals surface area contributed by atoms with E-state index in [0.29, 0.717) is 11.2 Å². The lowest BCUT2D eigenvalue weighted by Crippen LogP contribution is -2.45. The smallest absolute Gasteiger partial charge is 0.144 e. The average molecular weight is 453 g/mol. The highest BCUT2D eigenvalue weighted by molar-refractivity contribution is 7.99. The summed E-state index contributed by atoms with van der Waals surface area (Å²) in [6, 6.07) is 0. The maximum atomic E-state index is 13.8. The zero-order valence-electron chi connectivity index (χ0n) is 23.7. The predicted molar refractivity (Wildman–Crippen MR) is 144 cm³/mol. The largest absolute Gasteiger partial charge is 0.299 e. The molecule has 0 radical (unpaired) electrons. The summed E-state index contributed by atoms with van der Waals surface area (Å²) in [4.78, 5) is 13.8. The van der Waals surface area contributed by atoms with Crippen molar-refractivity contribution >= 4 is 17.5 Å². The van der Waals surface area contributed by atoms with Gasteiger partial charge in [-0.05, 0) is 54.6 Å². The van der Waals surface area contributed by atoms with Gasteiger partial charge in [0.2, 0.25) is 0 Å². The molecule has 0 saturated heterocycles. The van der Waals surface area contributed by atoms with Crippen LogP contribution in [0, 0.1) is 27.1 Å². The van der Waals surface area contributed by atoms with Crippen molar-refractivity contribution in [2.24, 2.45) is 27.1 Å². The Bertz CT molecular complexity index is 606. The van der Waals surface area contributed by atoms with E-state index < -0.39 is 0 Å². The minimum Gasteiger partial charge on any atom is -0.299 e. The molecule has 0 saturated carbocycles. The van der Waals surface area contributed by atoms with E-state index in [-0.39, 0.29) is 26.4 Å². The first-order chi connectivity index (χ1) is 13.7. The van der Waals surface area contributed by atoms with Gasteiger partial charge >= 0.3 is 0 Å². The number of allylic oxidation sites excluding steroid dienone is 2. The van der Waals surface area contributed by atoms with E-state index in [1.165, 1.54) is 12.8 Å². The molecular weight excluding hydrogens is 396 g/mol. The highest BCUT2D eigenvalue weighted by Gasteiger charge is 2.48. The summed E-state index contributed by atoms with van der Waals surface area (Å²) in [7, 11) is 0. The van der Waals surface area contributed by atoms with Gasteiger partial charge in [-0.15, -0.1) is 0 Å². The van der Waals surface area contributed by atoms with Crippen LogP contribution < -0.4 is 0 Å². The maximum absolute atomic E-state index is 13.8. The number of thioether (sulfide) groups is 1. The minimum atomic E-state index is -0.352. The molecule has 0 rings (SSSR count). The lowest BCUT2D eigenvalue weighted by Gasteiger charge is -2.48. The standard InChI is InChI=1S/C29H56OS/c1-15-18-24(3,4)19-17-20-27(9,10)29(13,16-2)22-26(7,8)23(30)25(5,6)21-28(11,12)31-14/h17,20H,15-16,18-19,21-22H2,1-14H3. The highest BCUT2D eigenvalue weighted by atomic mass is 32.2. The van der Waals surface area contributed by atoms with Crippen molar-refractivity contribution in [1.82, 2.24) is 0 Å². The lowest BCUT2D eigenvalue weighted by molar-refractivity contribution is -0.139. The molecule has 0 aromatic carbocycles. The normalized spacial score (nSPS) is 16.6. The van der Waals surface area contributed by atoms with Crippen LogP contribution in [-0.2, 0) is 4.79 Å². The molecule has 184 valence electrons. The Hall–Kier alpha value is -0.240. The van der Waals surface area contributed by atoms with Gasteiger partial charge in [0.1, 0.15) is 5.78 Å². The van der Waals surface area contributed by atoms with Gasteiger partial charge in [0.25, 0.3) is 0 Å². The fourth-order valence-electron chi connectivity index (χ4n) is 5.65. The van der Waals surface area contributed by atoms with Crippen molar-refractivity contribution in [1.29, 1.82) is 0 Å². The van der Waals surface area contributed by atoms with Crippen LogP contribution in [0.1, 0.15) is 129 Å². The van der Waals surface area contributed by atoms with E-state index in [1.807, 2.05) is 11.8 Å². The van der Waals surface area contributed by atoms with E-state index in [2.05, 4.69) is 108 Å². The van der Waals surface area contributed by atoms with Crippen LogP contribution in [0.3, 0.4) is 0 Å². The van der Waals surface area contributed by atoms with Crippen molar-refractivity contribution in [3.8, 4) is 0 Å². The van der Waals surface area contributed by atoms with Gasteiger partial charge in [-0.2, -0.15) is 11.8 Å². The number of carbonyl (C=O) groups is 1. The van der Waals surface area contributed by atoms with Crippen LogP contribution in [0.15, 0.2) is 12.2 Å². The van der Waals surface area contributed by atoms with Gasteiger partial charge in [-0.3, -0.25) is 4.79 Å². The number of hydrogen-bond acceptors (Lipinski definition) is 2. The van der Waals surface area contributed by atoms with Gasteiger partial charge < -0.3 is 0 Å². The fourth-order valence-corrected chi connectivity index (χ4v) is 6.15. The van der Waals surface area contributed by atoms with Gasteiger partial charge in [-0.25, -0.2) is 0 Å². The highest BCUT2D eigenvalue weighted by Crippen LogP contribution is 2.52. The Morgan fingerprint density at radius 1 is 0.806 bits per heavy atom. The molecule has 0 aliphatic carbocycles. The second-order valence-corrected chi connectivity index (χ2v) is 15.1. The van der Waals surface area contributed by atoms with Crippen LogP contribution in [0.5, 0.6) is 0 Å². The first-order valence-electron chi connectivity index (χ1n) is 12.5. The Balaban J connectivity index is 5.68. The summed E-state index contributed by atoms with van der Waals surface area (Å²) in [5, 5.41) is 0. The van der Waals surface area contributed by atoms with E-state index in [1.54, 1.807) is 0 Å². The number of rotatable bonds is 14. The van der Waals surface area contributed by atoms with E-state index in [4.69, 9.17) is 0 Å². The van der Waals surface area contributed by atoms with Gasteiger partial charge in [-0.1, -0.05) is 109 Å². The van der Waals surface area contributed by atoms with Crippen LogP contribution >= 0.6 is 11.8 Å². The summed E-state index contributed by atoms with van der Waals surface area (Å²) in [5.41, 5.74) is -0.232. The summed E-state index contributed by atoms with van der Waals surface area (Å²) < 4.78 is 0.108. The third-order valence-electron chi connectivity index (χ3n) is 7.95. The molecule has 0 bridgehead atoms. The second-order valence-electron chi connectivity index (χ2n) is 13.6. The van der Waals surface area contributed by atoms with Crippen molar-refractivity contribution < 1.29 is 4.79 Å². The van der Waals surface area contributed by atoms with E-state index >= 15 is 0 Å². The van der Waals surface area contributed by atoms with Crippen LogP contribution in [0.4, 0.5) is 0 Å². The third-order valence-corrected chi connectivity index (χ3v) is 9.20. The van der Waals surface area contributed by atoms with E-state index in [9.17, 15) is 4.79 Å². The molecule has 0 aromatic rings. The average Bonchev–Trinajstić information content (AvgIpc) is 2.59. The number of hydrogen-bond donors (Lipinski definition) is 0. The van der Waals surface area contributed by atoms with Crippen molar-refractivity contribution in [2.75, 3.05) is 6.26 Å². The SMILES string of the molecule is CCCC(C)(C)CC=CC(C)(C)C(C)(CC)CC(C)(C)C(=O)C(C)(C)CC(C)(C)SC. The molecule has 0 amide bonds. The topological polar surface area (TPSA) is 17.1 Å². The lowest BCUT2D eigenvalue weighted by atomic mass is 9.56. The maximum Gasteiger partial charge on any atom is 0.144 e. The molecule has 1 atom stereocenters. The zero-order chi connectivity index (χ0) is 24.9. The second kappa shape index (κ2) is 10.8. The minimum absolute atomic E-state index is 0.0320. The Morgan fingerprint density at radius 2 is 1.29 bits per heavy atom. The molecule has 0 spiro atoms. The Labute approximate surface area is 201 Å². The molecule has 0 aromatic heterocycles. The Morgan fingerprint density at radius 3 is 1.71 bits per heavy atom. The molecule has 0 N–H and O–H groups in total. The van der Waals surface area contributed by atoms with Crippen molar-refractivity contribution in [2.45, 2.75) is 133 Å². The first-order valence-corrected chi connectivity index (χ1v) is 13.7. The molecule has 1 nitrogen and oxygen atoms in total. The van der Waals surface area contributed by atoms with Crippen LogP contribution in [0.2, 0.25) is 0 Å². The number of Topliss-reactive ketones (excluding diaryl/α,β-unsaturated/α-hetero) is 1. The van der Waals surface area contributed by atoms with E-state index in [0.717, 1.165) is 25.7 Å². The predicted octanol–water partition coefficient (Wildman–Crippen LogP) is 9.74. The molecule has 0 fully saturated rings. The molecule has 1 unspecified atom stereocenters. The molecule has 0 aliphatic rings. The molecular formula is C29H56OS. The number of ketones is 1. The summed E-state index contributed by atoms with van der Waals surface area (Å²) >= 11 is 1.86. The Kier molecular flexibility index (Phi) is 10.7. The summed E-state index contributed by atoms with van der Waals surface area (Å²) in [6.07, 6.45) is 13.5. The third kappa shape index (κ3) is 8.90. The molecule has 2 heteroatoms. The van der Waals surface area contributed by atoms with Crippen LogP contribution in [-0.4, -0.2) is 16.8 Å². The van der Waals surface area contributed by atoms with Gasteiger partial charge in [0.15, 0.2) is 0 Å². The van der Waals surface area contributed by atoms with Gasteiger partial charge in [0.05, 0.1) is 0 Å². The molecule has 0 aliphatic heterocycles. The van der Waals surface area contributed by atoms with Crippen LogP contribution in [0.25, 0.3) is 0 Å².